The first kappa shape index (κ1) is 25.9. The molecule has 2 rings (SSSR count). The topological polar surface area (TPSA) is 106 Å². The third kappa shape index (κ3) is 5.92. The van der Waals surface area contributed by atoms with Crippen LogP contribution in [0.25, 0.3) is 0 Å². The van der Waals surface area contributed by atoms with Crippen molar-refractivity contribution in [1.82, 2.24) is 9.56 Å². The smallest absolute Gasteiger partial charge is 0.344 e. The molecular formula is C17H26F4N5O3PS. The van der Waals surface area contributed by atoms with Crippen molar-refractivity contribution in [3.05, 3.63) is 28.8 Å². The van der Waals surface area contributed by atoms with Gasteiger partial charge in [0.2, 0.25) is 6.57 Å². The standard InChI is InChI=1S/C17H26F4N5O3PS/c1-25(22)30(31,26(2)23)29-9-8-28-17(27)11-12(18)14(20)16(15(21)13(11)19)24-10-6-4-3-5-7-10/h10,24H,3-9,22-23H2,1-2H3. The van der Waals surface area contributed by atoms with Crippen LogP contribution in [0.15, 0.2) is 0 Å². The number of anilines is 1. The second kappa shape index (κ2) is 11.0. The number of hydrazine groups is 2. The number of esters is 1. The van der Waals surface area contributed by atoms with Gasteiger partial charge in [0.15, 0.2) is 23.3 Å². The van der Waals surface area contributed by atoms with Crippen molar-refractivity contribution in [2.45, 2.75) is 38.1 Å². The highest BCUT2D eigenvalue weighted by Crippen LogP contribution is 2.48. The van der Waals surface area contributed by atoms with Crippen LogP contribution in [-0.2, 0) is 21.1 Å². The first-order valence-corrected chi connectivity index (χ1v) is 12.1. The van der Waals surface area contributed by atoms with Crippen molar-refractivity contribution in [2.24, 2.45) is 11.7 Å². The van der Waals surface area contributed by atoms with E-state index in [1.54, 1.807) is 0 Å². The molecule has 0 atom stereocenters. The van der Waals surface area contributed by atoms with Crippen LogP contribution in [0.2, 0.25) is 0 Å². The van der Waals surface area contributed by atoms with Crippen LogP contribution in [-0.4, -0.2) is 48.9 Å². The van der Waals surface area contributed by atoms with Crippen molar-refractivity contribution in [2.75, 3.05) is 32.6 Å². The lowest BCUT2D eigenvalue weighted by Crippen LogP contribution is -2.36. The molecule has 0 aliphatic heterocycles. The minimum atomic E-state index is -2.97. The molecule has 0 spiro atoms. The number of nitrogens with zero attached hydrogens (tertiary/aromatic N) is 2. The van der Waals surface area contributed by atoms with E-state index in [9.17, 15) is 22.4 Å². The summed E-state index contributed by atoms with van der Waals surface area (Å²) in [6.45, 7) is -3.80. The van der Waals surface area contributed by atoms with E-state index in [0.717, 1.165) is 28.8 Å². The molecule has 0 aromatic heterocycles. The zero-order chi connectivity index (χ0) is 23.3. The van der Waals surface area contributed by atoms with Crippen LogP contribution in [0.4, 0.5) is 23.2 Å². The summed E-state index contributed by atoms with van der Waals surface area (Å²) in [5.74, 6) is 2.56. The second-order valence-electron chi connectivity index (χ2n) is 7.09. The van der Waals surface area contributed by atoms with E-state index >= 15 is 0 Å². The molecule has 1 aliphatic rings. The normalized spacial score (nSPS) is 15.5. The number of nitrogens with two attached hydrogens (primary N) is 2. The Balaban J connectivity index is 2.10. The molecule has 176 valence electrons. The lowest BCUT2D eigenvalue weighted by molar-refractivity contribution is 0.0434. The summed E-state index contributed by atoms with van der Waals surface area (Å²) >= 11 is 5.20. The summed E-state index contributed by atoms with van der Waals surface area (Å²) in [6, 6.07) is -0.310. The molecule has 0 heterocycles. The SMILES string of the molecule is CN(N)P(=S)(OCCOC(=O)c1c(F)c(F)c(NC2CCCCC2)c(F)c1F)N(C)N. The van der Waals surface area contributed by atoms with Crippen LogP contribution in [0.3, 0.4) is 0 Å². The number of hydrogen-bond acceptors (Lipinski definition) is 7. The van der Waals surface area contributed by atoms with Crippen LogP contribution in [0.5, 0.6) is 0 Å². The van der Waals surface area contributed by atoms with Crippen molar-refractivity contribution < 1.29 is 31.6 Å². The minimum Gasteiger partial charge on any atom is -0.459 e. The maximum atomic E-state index is 14.4. The van der Waals surface area contributed by atoms with Crippen LogP contribution >= 0.6 is 6.57 Å². The van der Waals surface area contributed by atoms with E-state index in [4.69, 9.17) is 32.8 Å². The summed E-state index contributed by atoms with van der Waals surface area (Å²) < 4.78 is 69.9. The first-order chi connectivity index (χ1) is 14.5. The van der Waals surface area contributed by atoms with Gasteiger partial charge in [-0.05, 0) is 24.6 Å². The Hall–Kier alpha value is -1.34. The Morgan fingerprint density at radius 2 is 1.55 bits per heavy atom. The summed E-state index contributed by atoms with van der Waals surface area (Å²) in [5, 5.41) is 2.51. The quantitative estimate of drug-likeness (QED) is 0.0922. The summed E-state index contributed by atoms with van der Waals surface area (Å²) in [5.41, 5.74) is -2.39. The summed E-state index contributed by atoms with van der Waals surface area (Å²) in [7, 11) is 2.85. The molecule has 1 aliphatic carbocycles. The van der Waals surface area contributed by atoms with Gasteiger partial charge in [0.05, 0.1) is 6.61 Å². The number of hydrogen-bond donors (Lipinski definition) is 3. The Morgan fingerprint density at radius 1 is 1.03 bits per heavy atom. The zero-order valence-corrected chi connectivity index (χ0v) is 18.9. The Morgan fingerprint density at radius 3 is 2.03 bits per heavy atom. The molecule has 1 saturated carbocycles. The molecule has 1 aromatic carbocycles. The third-order valence-electron chi connectivity index (χ3n) is 4.79. The maximum Gasteiger partial charge on any atom is 0.344 e. The molecule has 14 heteroatoms. The summed E-state index contributed by atoms with van der Waals surface area (Å²) in [4.78, 5) is 12.1. The van der Waals surface area contributed by atoms with Gasteiger partial charge in [-0.1, -0.05) is 19.3 Å². The van der Waals surface area contributed by atoms with Gasteiger partial charge in [0.1, 0.15) is 17.9 Å². The highest BCUT2D eigenvalue weighted by atomic mass is 32.5. The maximum absolute atomic E-state index is 14.4. The predicted octanol–water partition coefficient (Wildman–Crippen LogP) is 3.00. The first-order valence-electron chi connectivity index (χ1n) is 9.52. The number of rotatable bonds is 9. The molecule has 8 nitrogen and oxygen atoms in total. The molecule has 0 saturated heterocycles. The van der Waals surface area contributed by atoms with Crippen molar-refractivity contribution in [3.8, 4) is 0 Å². The minimum absolute atomic E-state index is 0.310. The highest BCUT2D eigenvalue weighted by molar-refractivity contribution is 8.09. The second-order valence-corrected chi connectivity index (χ2v) is 11.0. The number of ether oxygens (including phenoxy) is 1. The number of halogens is 4. The molecule has 0 radical (unpaired) electrons. The average Bonchev–Trinajstić information content (AvgIpc) is 2.73. The number of carbonyl (C=O) groups is 1. The Bertz CT molecular complexity index is 815. The number of benzene rings is 1. The monoisotopic (exact) mass is 487 g/mol. The van der Waals surface area contributed by atoms with Gasteiger partial charge in [-0.2, -0.15) is 9.56 Å². The Labute approximate surface area is 182 Å². The van der Waals surface area contributed by atoms with Crippen molar-refractivity contribution in [1.29, 1.82) is 0 Å². The van der Waals surface area contributed by atoms with E-state index in [-0.39, 0.29) is 12.6 Å². The van der Waals surface area contributed by atoms with Gasteiger partial charge < -0.3 is 14.6 Å². The largest absolute Gasteiger partial charge is 0.459 e. The van der Waals surface area contributed by atoms with Gasteiger partial charge in [-0.25, -0.2) is 22.4 Å². The van der Waals surface area contributed by atoms with Crippen LogP contribution in [0.1, 0.15) is 42.5 Å². The van der Waals surface area contributed by atoms with Gasteiger partial charge in [0.25, 0.3) is 0 Å². The van der Waals surface area contributed by atoms with Crippen molar-refractivity contribution in [3.63, 3.8) is 0 Å². The van der Waals surface area contributed by atoms with Gasteiger partial charge in [-0.15, -0.1) is 0 Å². The molecule has 0 amide bonds. The number of carbonyl (C=O) groups excluding carboxylic acids is 1. The van der Waals surface area contributed by atoms with E-state index in [2.05, 4.69) is 5.32 Å². The Kier molecular flexibility index (Phi) is 9.19. The third-order valence-corrected chi connectivity index (χ3v) is 8.77. The average molecular weight is 487 g/mol. The molecule has 0 bridgehead atoms. The molecular weight excluding hydrogens is 461 g/mol. The van der Waals surface area contributed by atoms with E-state index in [1.165, 1.54) is 14.1 Å². The molecule has 31 heavy (non-hydrogen) atoms. The molecule has 1 fully saturated rings. The molecule has 0 unspecified atom stereocenters. The summed E-state index contributed by atoms with van der Waals surface area (Å²) in [6.07, 6.45) is 3.90. The fourth-order valence-corrected chi connectivity index (χ4v) is 4.50. The van der Waals surface area contributed by atoms with Crippen molar-refractivity contribution >= 4 is 30.0 Å². The van der Waals surface area contributed by atoms with E-state index in [0.29, 0.717) is 12.8 Å². The van der Waals surface area contributed by atoms with Gasteiger partial charge in [-0.3, -0.25) is 11.7 Å². The lowest BCUT2D eigenvalue weighted by Gasteiger charge is -2.32. The predicted molar refractivity (Wildman–Crippen MR) is 111 cm³/mol. The fourth-order valence-electron chi connectivity index (χ4n) is 3.16. The van der Waals surface area contributed by atoms with Gasteiger partial charge in [0, 0.05) is 20.1 Å². The molecule has 1 aromatic rings. The highest BCUT2D eigenvalue weighted by Gasteiger charge is 2.32. The van der Waals surface area contributed by atoms with Crippen LogP contribution < -0.4 is 17.0 Å². The molecule has 5 N–H and O–H groups in total. The fraction of sp³-hybridized carbons (Fsp3) is 0.588. The van der Waals surface area contributed by atoms with Gasteiger partial charge >= 0.3 is 5.97 Å². The number of nitrogens with one attached hydrogen (secondary N) is 1. The van der Waals surface area contributed by atoms with E-state index in [1.807, 2.05) is 0 Å². The zero-order valence-electron chi connectivity index (χ0n) is 17.2. The van der Waals surface area contributed by atoms with Crippen LogP contribution in [0, 0.1) is 23.3 Å². The lowest BCUT2D eigenvalue weighted by atomic mass is 9.95. The van der Waals surface area contributed by atoms with E-state index < -0.39 is 53.7 Å².